The molecular weight excluding hydrogens is 419 g/mol. The van der Waals surface area contributed by atoms with Crippen molar-refractivity contribution in [1.29, 1.82) is 0 Å². The molecular formula is C16H20F3N3O6S. The lowest BCUT2D eigenvalue weighted by Crippen LogP contribution is -2.48. The number of sulfonamides is 1. The number of carbonyl (C=O) groups is 3. The normalized spacial score (nSPS) is 12.8. The number of nitrogens with one attached hydrogen (secondary N) is 2. The molecule has 4 N–H and O–H groups in total. The Morgan fingerprint density at radius 2 is 1.90 bits per heavy atom. The van der Waals surface area contributed by atoms with Gasteiger partial charge in [-0.05, 0) is 31.5 Å². The Bertz CT molecular complexity index is 858. The van der Waals surface area contributed by atoms with E-state index in [0.717, 1.165) is 12.1 Å². The van der Waals surface area contributed by atoms with Gasteiger partial charge in [0.25, 0.3) is 0 Å². The van der Waals surface area contributed by atoms with E-state index >= 15 is 0 Å². The van der Waals surface area contributed by atoms with Gasteiger partial charge in [-0.15, -0.1) is 0 Å². The van der Waals surface area contributed by atoms with Crippen LogP contribution in [0.4, 0.5) is 13.2 Å². The monoisotopic (exact) mass is 439 g/mol. The van der Waals surface area contributed by atoms with Gasteiger partial charge in [0, 0.05) is 6.42 Å². The topological polar surface area (TPSA) is 145 Å². The van der Waals surface area contributed by atoms with Gasteiger partial charge in [0.1, 0.15) is 12.6 Å². The van der Waals surface area contributed by atoms with Crippen LogP contribution in [0.5, 0.6) is 0 Å². The molecule has 0 saturated carbocycles. The fourth-order valence-electron chi connectivity index (χ4n) is 2.12. The molecule has 0 fully saturated rings. The van der Waals surface area contributed by atoms with E-state index < -0.39 is 57.0 Å². The molecule has 1 rings (SSSR count). The molecule has 0 unspecified atom stereocenters. The fourth-order valence-corrected chi connectivity index (χ4v) is 3.39. The van der Waals surface area contributed by atoms with Crippen LogP contribution in [-0.4, -0.2) is 45.4 Å². The van der Waals surface area contributed by atoms with E-state index in [-0.39, 0.29) is 19.4 Å². The third kappa shape index (κ3) is 8.07. The molecule has 9 nitrogen and oxygen atoms in total. The zero-order chi connectivity index (χ0) is 22.2. The molecule has 13 heteroatoms. The van der Waals surface area contributed by atoms with Crippen LogP contribution < -0.4 is 15.8 Å². The van der Waals surface area contributed by atoms with Gasteiger partial charge < -0.3 is 15.8 Å². The van der Waals surface area contributed by atoms with Gasteiger partial charge in [-0.3, -0.25) is 14.4 Å². The molecule has 0 spiro atoms. The molecule has 1 aromatic carbocycles. The molecule has 0 heterocycles. The van der Waals surface area contributed by atoms with Gasteiger partial charge >= 0.3 is 12.1 Å². The molecule has 0 bridgehead atoms. The highest BCUT2D eigenvalue weighted by atomic mass is 32.2. The molecule has 2 amide bonds. The minimum absolute atomic E-state index is 0.0575. The number of nitrogens with two attached hydrogens (primary N) is 1. The number of ether oxygens (including phenoxy) is 1. The van der Waals surface area contributed by atoms with E-state index in [1.54, 1.807) is 6.92 Å². The van der Waals surface area contributed by atoms with Crippen LogP contribution in [0, 0.1) is 0 Å². The second kappa shape index (κ2) is 10.2. The van der Waals surface area contributed by atoms with Crippen molar-refractivity contribution in [1.82, 2.24) is 10.0 Å². The maximum Gasteiger partial charge on any atom is 0.416 e. The van der Waals surface area contributed by atoms with Crippen molar-refractivity contribution in [2.45, 2.75) is 36.9 Å². The minimum Gasteiger partial charge on any atom is -0.465 e. The van der Waals surface area contributed by atoms with Crippen LogP contribution in [0.25, 0.3) is 0 Å². The average Bonchev–Trinajstić information content (AvgIpc) is 2.62. The first-order chi connectivity index (χ1) is 13.4. The second-order valence-electron chi connectivity index (χ2n) is 5.73. The standard InChI is InChI=1S/C16H20F3N3O6S/c1-2-28-14(24)9-21-15(25)12(6-7-13(20)23)22-29(26,27)11-5-3-4-10(8-11)16(17,18)19/h3-5,8,12,22H,2,6-7,9H2,1H3,(H2,20,23)(H,21,25)/t12-/m0/s1. The lowest BCUT2D eigenvalue weighted by molar-refractivity contribution is -0.143. The van der Waals surface area contributed by atoms with Gasteiger partial charge in [0.05, 0.1) is 17.1 Å². The molecule has 1 aromatic rings. The molecule has 0 aliphatic heterocycles. The summed E-state index contributed by atoms with van der Waals surface area (Å²) in [6, 6.07) is 1.35. The number of benzene rings is 1. The highest BCUT2D eigenvalue weighted by Crippen LogP contribution is 2.30. The first-order valence-corrected chi connectivity index (χ1v) is 9.76. The van der Waals surface area contributed by atoms with Crippen LogP contribution in [-0.2, 0) is 35.3 Å². The van der Waals surface area contributed by atoms with E-state index in [1.165, 1.54) is 0 Å². The van der Waals surface area contributed by atoms with Crippen LogP contribution in [0.2, 0.25) is 0 Å². The Hall–Kier alpha value is -2.67. The molecule has 0 aromatic heterocycles. The smallest absolute Gasteiger partial charge is 0.416 e. The molecule has 0 aliphatic rings. The summed E-state index contributed by atoms with van der Waals surface area (Å²) < 4.78 is 69.9. The third-order valence-corrected chi connectivity index (χ3v) is 4.95. The summed E-state index contributed by atoms with van der Waals surface area (Å²) in [6.45, 7) is 1.03. The van der Waals surface area contributed by atoms with Crippen molar-refractivity contribution in [2.24, 2.45) is 5.73 Å². The first-order valence-electron chi connectivity index (χ1n) is 8.28. The van der Waals surface area contributed by atoms with E-state index in [2.05, 4.69) is 10.1 Å². The van der Waals surface area contributed by atoms with Gasteiger partial charge in [-0.2, -0.15) is 17.9 Å². The summed E-state index contributed by atoms with van der Waals surface area (Å²) in [4.78, 5) is 33.8. The number of amides is 2. The van der Waals surface area contributed by atoms with Gasteiger partial charge in [-0.25, -0.2) is 8.42 Å². The fraction of sp³-hybridized carbons (Fsp3) is 0.438. The molecule has 29 heavy (non-hydrogen) atoms. The van der Waals surface area contributed by atoms with Gasteiger partial charge in [0.2, 0.25) is 21.8 Å². The first kappa shape index (κ1) is 24.4. The summed E-state index contributed by atoms with van der Waals surface area (Å²) in [7, 11) is -4.56. The van der Waals surface area contributed by atoms with E-state index in [9.17, 15) is 36.0 Å². The van der Waals surface area contributed by atoms with Crippen LogP contribution in [0.1, 0.15) is 25.3 Å². The van der Waals surface area contributed by atoms with Crippen molar-refractivity contribution in [3.05, 3.63) is 29.8 Å². The number of alkyl halides is 3. The molecule has 1 atom stereocenters. The van der Waals surface area contributed by atoms with E-state index in [4.69, 9.17) is 5.73 Å². The quantitative estimate of drug-likeness (QED) is 0.447. The number of halogens is 3. The van der Waals surface area contributed by atoms with Gasteiger partial charge in [0.15, 0.2) is 0 Å². The van der Waals surface area contributed by atoms with E-state index in [0.29, 0.717) is 12.1 Å². The molecule has 0 radical (unpaired) electrons. The molecule has 0 saturated heterocycles. The predicted molar refractivity (Wildman–Crippen MR) is 93.6 cm³/mol. The summed E-state index contributed by atoms with van der Waals surface area (Å²) >= 11 is 0. The van der Waals surface area contributed by atoms with Crippen molar-refractivity contribution in [2.75, 3.05) is 13.2 Å². The minimum atomic E-state index is -4.77. The van der Waals surface area contributed by atoms with Gasteiger partial charge in [-0.1, -0.05) is 6.07 Å². The number of rotatable bonds is 10. The average molecular weight is 439 g/mol. The maximum absolute atomic E-state index is 12.8. The lowest BCUT2D eigenvalue weighted by Gasteiger charge is -2.18. The SMILES string of the molecule is CCOC(=O)CNC(=O)[C@H](CCC(N)=O)NS(=O)(=O)c1cccc(C(F)(F)F)c1. The predicted octanol–water partition coefficient (Wildman–Crippen LogP) is 0.297. The molecule has 162 valence electrons. The Morgan fingerprint density at radius 3 is 2.45 bits per heavy atom. The maximum atomic E-state index is 12.8. The lowest BCUT2D eigenvalue weighted by atomic mass is 10.1. The Balaban J connectivity index is 3.03. The Morgan fingerprint density at radius 1 is 1.24 bits per heavy atom. The summed E-state index contributed by atoms with van der Waals surface area (Å²) in [6.07, 6.45) is -5.53. The third-order valence-electron chi connectivity index (χ3n) is 3.48. The highest BCUT2D eigenvalue weighted by molar-refractivity contribution is 7.89. The van der Waals surface area contributed by atoms with Crippen LogP contribution >= 0.6 is 0 Å². The summed E-state index contributed by atoms with van der Waals surface area (Å²) in [5, 5.41) is 2.13. The van der Waals surface area contributed by atoms with E-state index in [1.807, 2.05) is 4.72 Å². The number of hydrogen-bond acceptors (Lipinski definition) is 6. The number of hydrogen-bond donors (Lipinski definition) is 3. The van der Waals surface area contributed by atoms with Crippen LogP contribution in [0.3, 0.4) is 0 Å². The summed E-state index contributed by atoms with van der Waals surface area (Å²) in [5.41, 5.74) is 3.80. The van der Waals surface area contributed by atoms with Crippen LogP contribution in [0.15, 0.2) is 29.2 Å². The summed E-state index contributed by atoms with van der Waals surface area (Å²) in [5.74, 6) is -2.59. The second-order valence-corrected chi connectivity index (χ2v) is 7.44. The van der Waals surface area contributed by atoms with Crippen molar-refractivity contribution < 1.29 is 40.7 Å². The zero-order valence-electron chi connectivity index (χ0n) is 15.3. The van der Waals surface area contributed by atoms with Crippen molar-refractivity contribution in [3.63, 3.8) is 0 Å². The highest BCUT2D eigenvalue weighted by Gasteiger charge is 2.33. The van der Waals surface area contributed by atoms with Crippen molar-refractivity contribution >= 4 is 27.8 Å². The number of carbonyl (C=O) groups excluding carboxylic acids is 3. The largest absolute Gasteiger partial charge is 0.465 e. The number of primary amides is 1. The van der Waals surface area contributed by atoms with Crippen molar-refractivity contribution in [3.8, 4) is 0 Å². The molecule has 0 aliphatic carbocycles. The zero-order valence-corrected chi connectivity index (χ0v) is 16.1. The Kier molecular flexibility index (Phi) is 8.58. The number of esters is 1. The Labute approximate surface area is 164 Å².